The van der Waals surface area contributed by atoms with Crippen molar-refractivity contribution in [3.63, 3.8) is 0 Å². The number of benzene rings is 2. The normalized spacial score (nSPS) is 15.0. The second kappa shape index (κ2) is 16.5. The second-order valence-corrected chi connectivity index (χ2v) is 9.92. The van der Waals surface area contributed by atoms with Crippen LogP contribution in [0.3, 0.4) is 0 Å². The third-order valence-electron chi connectivity index (χ3n) is 6.77. The highest BCUT2D eigenvalue weighted by Crippen LogP contribution is 2.26. The van der Waals surface area contributed by atoms with Gasteiger partial charge in [-0.3, -0.25) is 14.9 Å². The number of piperazine rings is 1. The van der Waals surface area contributed by atoms with Gasteiger partial charge >= 0.3 is 23.9 Å². The van der Waals surface area contributed by atoms with E-state index in [2.05, 4.69) is 49.2 Å². The van der Waals surface area contributed by atoms with E-state index in [0.717, 1.165) is 69.1 Å². The molecule has 3 aromatic rings. The van der Waals surface area contributed by atoms with Gasteiger partial charge in [0.15, 0.2) is 5.82 Å². The molecule has 1 fully saturated rings. The monoisotopic (exact) mass is 611 g/mol. The Morgan fingerprint density at radius 2 is 1.25 bits per heavy atom. The first-order chi connectivity index (χ1) is 21.0. The Kier molecular flexibility index (Phi) is 12.6. The number of H-pyrrole nitrogens is 1. The fraction of sp³-hybridized carbons (Fsp3) is 0.300. The molecule has 44 heavy (non-hydrogen) atoms. The minimum absolute atomic E-state index is 0.228. The zero-order chi connectivity index (χ0) is 32.1. The van der Waals surface area contributed by atoms with Gasteiger partial charge in [0.1, 0.15) is 5.82 Å². The number of fused-ring (bicyclic) bond motifs is 2. The van der Waals surface area contributed by atoms with Crippen LogP contribution in [-0.4, -0.2) is 104 Å². The van der Waals surface area contributed by atoms with E-state index in [1.165, 1.54) is 29.7 Å². The van der Waals surface area contributed by atoms with E-state index < -0.39 is 23.9 Å². The Balaban J connectivity index is 0.000000275. The van der Waals surface area contributed by atoms with Crippen LogP contribution in [0.4, 0.5) is 10.2 Å². The molecule has 0 aliphatic carbocycles. The number of rotatable bonds is 9. The first-order valence-electron chi connectivity index (χ1n) is 13.7. The number of carboxylic acid groups (broad SMARTS) is 4. The number of carboxylic acids is 4. The molecule has 1 saturated heterocycles. The molecule has 5 rings (SSSR count). The standard InChI is InChI=1S/C22H26FN5.2C4H4O4/c23-19-6-7-20-21(14-19)24-25-22(20)28-12-10-26(11-13-28)8-3-9-27-15-17-4-1-2-5-18(17)16-27;2*5-3(6)1-2-4(7)8/h1-2,4-7,14H,3,8-13,15-16H2,(H,24,25);2*1-2H,(H,5,6)(H,7,8)/b;2*2-1-. The first-order valence-corrected chi connectivity index (χ1v) is 13.7. The predicted octanol–water partition coefficient (Wildman–Crippen LogP) is 2.65. The van der Waals surface area contributed by atoms with E-state index in [4.69, 9.17) is 20.4 Å². The highest BCUT2D eigenvalue weighted by molar-refractivity contribution is 5.91. The van der Waals surface area contributed by atoms with Crippen molar-refractivity contribution >= 4 is 40.6 Å². The van der Waals surface area contributed by atoms with Gasteiger partial charge in [0.25, 0.3) is 0 Å². The smallest absolute Gasteiger partial charge is 0.328 e. The lowest BCUT2D eigenvalue weighted by atomic mass is 10.1. The predicted molar refractivity (Wildman–Crippen MR) is 159 cm³/mol. The van der Waals surface area contributed by atoms with Crippen LogP contribution in [0.5, 0.6) is 0 Å². The van der Waals surface area contributed by atoms with Crippen LogP contribution in [0, 0.1) is 5.82 Å². The minimum atomic E-state index is -1.26. The Morgan fingerprint density at radius 1 is 0.750 bits per heavy atom. The molecular weight excluding hydrogens is 577 g/mol. The SMILES string of the molecule is Fc1ccc2c(N3CCN(CCCN4Cc5ccccc5C4)CC3)n[nH]c2c1.O=C(O)/C=C\C(=O)O.O=C(O)/C=C\C(=O)O. The number of nitrogens with one attached hydrogen (secondary N) is 1. The Labute approximate surface area is 252 Å². The van der Waals surface area contributed by atoms with Crippen molar-refractivity contribution in [3.8, 4) is 0 Å². The van der Waals surface area contributed by atoms with Crippen LogP contribution in [-0.2, 0) is 32.3 Å². The number of aliphatic carboxylic acids is 4. The maximum atomic E-state index is 13.4. The summed E-state index contributed by atoms with van der Waals surface area (Å²) in [6, 6.07) is 13.6. The molecule has 0 amide bonds. The minimum Gasteiger partial charge on any atom is -0.478 e. The Hall–Kier alpha value is -5.08. The molecule has 14 heteroatoms. The number of aromatic nitrogens is 2. The van der Waals surface area contributed by atoms with Crippen molar-refractivity contribution in [1.29, 1.82) is 0 Å². The topological polar surface area (TPSA) is 188 Å². The largest absolute Gasteiger partial charge is 0.478 e. The summed E-state index contributed by atoms with van der Waals surface area (Å²) in [4.78, 5) is 45.6. The first kappa shape index (κ1) is 33.4. The third kappa shape index (κ3) is 11.0. The van der Waals surface area contributed by atoms with Crippen molar-refractivity contribution < 1.29 is 44.0 Å². The summed E-state index contributed by atoms with van der Waals surface area (Å²) >= 11 is 0. The fourth-order valence-electron chi connectivity index (χ4n) is 4.77. The fourth-order valence-corrected chi connectivity index (χ4v) is 4.77. The van der Waals surface area contributed by atoms with Gasteiger partial charge in [-0.1, -0.05) is 24.3 Å². The number of hydrogen-bond acceptors (Lipinski definition) is 8. The summed E-state index contributed by atoms with van der Waals surface area (Å²) in [5.74, 6) is -4.31. The summed E-state index contributed by atoms with van der Waals surface area (Å²) in [5.41, 5.74) is 3.74. The van der Waals surface area contributed by atoms with E-state index in [1.54, 1.807) is 0 Å². The second-order valence-electron chi connectivity index (χ2n) is 9.92. The maximum absolute atomic E-state index is 13.4. The van der Waals surface area contributed by atoms with Gasteiger partial charge in [0.2, 0.25) is 0 Å². The van der Waals surface area contributed by atoms with Crippen molar-refractivity contribution in [2.45, 2.75) is 19.5 Å². The Bertz CT molecular complexity index is 1420. The van der Waals surface area contributed by atoms with Crippen LogP contribution in [0.15, 0.2) is 66.8 Å². The molecule has 5 N–H and O–H groups in total. The molecular formula is C30H34FN5O8. The number of aromatic amines is 1. The molecule has 0 radical (unpaired) electrons. The third-order valence-corrected chi connectivity index (χ3v) is 6.77. The van der Waals surface area contributed by atoms with Crippen LogP contribution in [0.2, 0.25) is 0 Å². The van der Waals surface area contributed by atoms with E-state index in [0.29, 0.717) is 24.3 Å². The molecule has 1 aromatic heterocycles. The number of carbonyl (C=O) groups is 4. The highest BCUT2D eigenvalue weighted by Gasteiger charge is 2.22. The zero-order valence-electron chi connectivity index (χ0n) is 23.8. The highest BCUT2D eigenvalue weighted by atomic mass is 19.1. The molecule has 2 aliphatic rings. The molecule has 0 atom stereocenters. The molecule has 234 valence electrons. The number of halogens is 1. The van der Waals surface area contributed by atoms with E-state index >= 15 is 0 Å². The van der Waals surface area contributed by atoms with Crippen molar-refractivity contribution in [2.24, 2.45) is 0 Å². The van der Waals surface area contributed by atoms with Gasteiger partial charge in [0.05, 0.1) is 5.52 Å². The van der Waals surface area contributed by atoms with Crippen molar-refractivity contribution in [2.75, 3.05) is 44.2 Å². The number of nitrogens with zero attached hydrogens (tertiary/aromatic N) is 4. The summed E-state index contributed by atoms with van der Waals surface area (Å²) in [6.45, 7) is 8.52. The van der Waals surface area contributed by atoms with Crippen molar-refractivity contribution in [1.82, 2.24) is 20.0 Å². The van der Waals surface area contributed by atoms with Crippen molar-refractivity contribution in [3.05, 3.63) is 83.7 Å². The van der Waals surface area contributed by atoms with Gasteiger partial charge < -0.3 is 25.3 Å². The molecule has 0 spiro atoms. The molecule has 13 nitrogen and oxygen atoms in total. The summed E-state index contributed by atoms with van der Waals surface area (Å²) in [5, 5.41) is 39.6. The summed E-state index contributed by atoms with van der Waals surface area (Å²) < 4.78 is 13.4. The van der Waals surface area contributed by atoms with E-state index in [9.17, 15) is 23.6 Å². The van der Waals surface area contributed by atoms with E-state index in [-0.39, 0.29) is 5.82 Å². The lowest BCUT2D eigenvalue weighted by Crippen LogP contribution is -2.47. The summed E-state index contributed by atoms with van der Waals surface area (Å²) in [7, 11) is 0. The molecule has 0 bridgehead atoms. The average Bonchev–Trinajstić information content (AvgIpc) is 3.59. The number of hydrogen-bond donors (Lipinski definition) is 5. The number of anilines is 1. The Morgan fingerprint density at radius 3 is 1.75 bits per heavy atom. The lowest BCUT2D eigenvalue weighted by Gasteiger charge is -2.35. The molecule has 0 unspecified atom stereocenters. The molecule has 0 saturated carbocycles. The van der Waals surface area contributed by atoms with Crippen LogP contribution in [0.1, 0.15) is 17.5 Å². The molecule has 2 aromatic carbocycles. The van der Waals surface area contributed by atoms with Gasteiger partial charge in [-0.2, -0.15) is 5.10 Å². The lowest BCUT2D eigenvalue weighted by molar-refractivity contribution is -0.134. The average molecular weight is 612 g/mol. The van der Waals surface area contributed by atoms with Crippen LogP contribution < -0.4 is 4.90 Å². The maximum Gasteiger partial charge on any atom is 0.328 e. The van der Waals surface area contributed by atoms with E-state index in [1.807, 2.05) is 6.07 Å². The zero-order valence-corrected chi connectivity index (χ0v) is 23.8. The van der Waals surface area contributed by atoms with Gasteiger partial charge in [-0.15, -0.1) is 0 Å². The van der Waals surface area contributed by atoms with Gasteiger partial charge in [-0.25, -0.2) is 23.6 Å². The molecule has 3 heterocycles. The van der Waals surface area contributed by atoms with Gasteiger partial charge in [-0.05, 0) is 42.3 Å². The quantitative estimate of drug-likeness (QED) is 0.223. The van der Waals surface area contributed by atoms with Gasteiger partial charge in [0, 0.05) is 75.5 Å². The molecule has 2 aliphatic heterocycles. The summed E-state index contributed by atoms with van der Waals surface area (Å²) in [6.07, 6.45) is 3.44. The van der Waals surface area contributed by atoms with Crippen LogP contribution >= 0.6 is 0 Å². The van der Waals surface area contributed by atoms with Crippen LogP contribution in [0.25, 0.3) is 10.9 Å².